The minimum atomic E-state index is -0.233. The van der Waals surface area contributed by atoms with Gasteiger partial charge in [-0.05, 0) is 19.1 Å². The molecule has 2 aromatic rings. The maximum atomic E-state index is 12.3. The van der Waals surface area contributed by atoms with E-state index in [0.29, 0.717) is 6.54 Å². The Balaban J connectivity index is 2.32. The Labute approximate surface area is 105 Å². The molecule has 0 aliphatic heterocycles. The summed E-state index contributed by atoms with van der Waals surface area (Å²) in [5.41, 5.74) is 6.52. The van der Waals surface area contributed by atoms with Gasteiger partial charge >= 0.3 is 0 Å². The van der Waals surface area contributed by atoms with Gasteiger partial charge in [0.25, 0.3) is 5.91 Å². The van der Waals surface area contributed by atoms with E-state index in [9.17, 15) is 4.79 Å². The number of carbonyl (C=O) groups is 1. The van der Waals surface area contributed by atoms with Crippen LogP contribution in [0.4, 0.5) is 11.5 Å². The van der Waals surface area contributed by atoms with Crippen LogP contribution < -0.4 is 10.6 Å². The molecule has 0 fully saturated rings. The Hall–Kier alpha value is -2.50. The number of rotatable bonds is 3. The van der Waals surface area contributed by atoms with Crippen LogP contribution in [0, 0.1) is 0 Å². The molecule has 0 unspecified atom stereocenters. The predicted octanol–water partition coefficient (Wildman–Crippen LogP) is 1.12. The van der Waals surface area contributed by atoms with Gasteiger partial charge in [0.15, 0.2) is 0 Å². The second-order valence-electron chi connectivity index (χ2n) is 3.58. The summed E-state index contributed by atoms with van der Waals surface area (Å²) in [6.45, 7) is 2.41. The zero-order valence-electron chi connectivity index (χ0n) is 9.95. The summed E-state index contributed by atoms with van der Waals surface area (Å²) in [5, 5.41) is 0. The Kier molecular flexibility index (Phi) is 3.47. The van der Waals surface area contributed by atoms with Crippen molar-refractivity contribution < 1.29 is 4.79 Å². The molecule has 1 amide bonds. The predicted molar refractivity (Wildman–Crippen MR) is 68.0 cm³/mol. The fraction of sp³-hybridized carbons (Fsp3) is 0.167. The average Bonchev–Trinajstić information content (AvgIpc) is 2.41. The van der Waals surface area contributed by atoms with Crippen LogP contribution in [0.3, 0.4) is 0 Å². The zero-order chi connectivity index (χ0) is 13.0. The number of anilines is 2. The first-order chi connectivity index (χ1) is 8.72. The van der Waals surface area contributed by atoms with E-state index in [1.54, 1.807) is 29.4 Å². The van der Waals surface area contributed by atoms with Gasteiger partial charge in [0.05, 0.1) is 12.4 Å². The van der Waals surface area contributed by atoms with Gasteiger partial charge in [-0.3, -0.25) is 14.8 Å². The smallest absolute Gasteiger partial charge is 0.278 e. The molecule has 0 radical (unpaired) electrons. The van der Waals surface area contributed by atoms with E-state index in [2.05, 4.69) is 15.0 Å². The Morgan fingerprint density at radius 1 is 1.28 bits per heavy atom. The summed E-state index contributed by atoms with van der Waals surface area (Å²) in [7, 11) is 0. The molecule has 6 nitrogen and oxygen atoms in total. The van der Waals surface area contributed by atoms with Crippen molar-refractivity contribution in [3.05, 3.63) is 42.6 Å². The minimum Gasteiger partial charge on any atom is -0.382 e. The molecular weight excluding hydrogens is 230 g/mol. The van der Waals surface area contributed by atoms with E-state index in [1.807, 2.05) is 6.92 Å². The highest BCUT2D eigenvalue weighted by molar-refractivity contribution is 6.04. The highest BCUT2D eigenvalue weighted by Crippen LogP contribution is 2.14. The van der Waals surface area contributed by atoms with E-state index >= 15 is 0 Å². The number of nitrogen functional groups attached to an aromatic ring is 1. The van der Waals surface area contributed by atoms with Gasteiger partial charge in [-0.25, -0.2) is 4.98 Å². The maximum Gasteiger partial charge on any atom is 0.278 e. The van der Waals surface area contributed by atoms with Crippen LogP contribution in [-0.4, -0.2) is 27.4 Å². The van der Waals surface area contributed by atoms with Crippen molar-refractivity contribution in [3.63, 3.8) is 0 Å². The van der Waals surface area contributed by atoms with Crippen molar-refractivity contribution in [2.75, 3.05) is 17.2 Å². The molecule has 0 bridgehead atoms. The third-order valence-electron chi connectivity index (χ3n) is 2.41. The third kappa shape index (κ3) is 2.42. The first-order valence-corrected chi connectivity index (χ1v) is 5.51. The molecule has 0 spiro atoms. The fourth-order valence-corrected chi connectivity index (χ4v) is 1.59. The first-order valence-electron chi connectivity index (χ1n) is 5.51. The monoisotopic (exact) mass is 243 g/mol. The highest BCUT2D eigenvalue weighted by atomic mass is 16.2. The number of hydrogen-bond acceptors (Lipinski definition) is 5. The van der Waals surface area contributed by atoms with Crippen LogP contribution in [0.5, 0.6) is 0 Å². The van der Waals surface area contributed by atoms with E-state index in [0.717, 1.165) is 5.69 Å². The molecule has 2 aromatic heterocycles. The summed E-state index contributed by atoms with van der Waals surface area (Å²) in [6.07, 6.45) is 6.08. The molecule has 92 valence electrons. The fourth-order valence-electron chi connectivity index (χ4n) is 1.59. The SMILES string of the molecule is CCN(C(=O)c1cncc(N)n1)c1ccncc1. The van der Waals surface area contributed by atoms with Crippen molar-refractivity contribution in [2.45, 2.75) is 6.92 Å². The normalized spacial score (nSPS) is 10.1. The molecule has 0 aliphatic carbocycles. The van der Waals surface area contributed by atoms with E-state index in [1.165, 1.54) is 12.4 Å². The van der Waals surface area contributed by atoms with Gasteiger partial charge in [-0.1, -0.05) is 0 Å². The van der Waals surface area contributed by atoms with Gasteiger partial charge in [0, 0.05) is 24.6 Å². The van der Waals surface area contributed by atoms with Gasteiger partial charge in [-0.15, -0.1) is 0 Å². The lowest BCUT2D eigenvalue weighted by molar-refractivity contribution is 0.0983. The number of nitrogens with zero attached hydrogens (tertiary/aromatic N) is 4. The molecule has 6 heteroatoms. The van der Waals surface area contributed by atoms with E-state index in [-0.39, 0.29) is 17.4 Å². The van der Waals surface area contributed by atoms with Gasteiger partial charge in [-0.2, -0.15) is 0 Å². The standard InChI is InChI=1S/C12H13N5O/c1-2-17(9-3-5-14-6-4-9)12(18)10-7-15-8-11(13)16-10/h3-8H,2H2,1H3,(H2,13,16). The second kappa shape index (κ2) is 5.22. The van der Waals surface area contributed by atoms with Gasteiger partial charge in [0.2, 0.25) is 0 Å². The molecule has 2 rings (SSSR count). The highest BCUT2D eigenvalue weighted by Gasteiger charge is 2.17. The van der Waals surface area contributed by atoms with Crippen LogP contribution in [0.2, 0.25) is 0 Å². The molecule has 0 saturated carbocycles. The van der Waals surface area contributed by atoms with Gasteiger partial charge < -0.3 is 10.6 Å². The third-order valence-corrected chi connectivity index (χ3v) is 2.41. The van der Waals surface area contributed by atoms with E-state index in [4.69, 9.17) is 5.73 Å². The Morgan fingerprint density at radius 2 is 2.00 bits per heavy atom. The van der Waals surface area contributed by atoms with Crippen molar-refractivity contribution in [1.29, 1.82) is 0 Å². The number of nitrogens with two attached hydrogens (primary N) is 1. The summed E-state index contributed by atoms with van der Waals surface area (Å²) in [4.78, 5) is 25.6. The Bertz CT molecular complexity index is 543. The quantitative estimate of drug-likeness (QED) is 0.873. The van der Waals surface area contributed by atoms with Crippen LogP contribution in [0.25, 0.3) is 0 Å². The number of pyridine rings is 1. The topological polar surface area (TPSA) is 85.0 Å². The van der Waals surface area contributed by atoms with Crippen LogP contribution in [0.1, 0.15) is 17.4 Å². The molecule has 2 N–H and O–H groups in total. The average molecular weight is 243 g/mol. The van der Waals surface area contributed by atoms with E-state index < -0.39 is 0 Å². The van der Waals surface area contributed by atoms with Crippen molar-refractivity contribution in [2.24, 2.45) is 0 Å². The summed E-state index contributed by atoms with van der Waals surface area (Å²) >= 11 is 0. The molecular formula is C12H13N5O. The lowest BCUT2D eigenvalue weighted by Crippen LogP contribution is -2.31. The summed E-state index contributed by atoms with van der Waals surface area (Å²) < 4.78 is 0. The molecule has 18 heavy (non-hydrogen) atoms. The summed E-state index contributed by atoms with van der Waals surface area (Å²) in [5.74, 6) is -0.00451. The second-order valence-corrected chi connectivity index (χ2v) is 3.58. The number of carbonyl (C=O) groups excluding carboxylic acids is 1. The maximum absolute atomic E-state index is 12.3. The van der Waals surface area contributed by atoms with Crippen LogP contribution in [-0.2, 0) is 0 Å². The van der Waals surface area contributed by atoms with Crippen molar-refractivity contribution >= 4 is 17.4 Å². The van der Waals surface area contributed by atoms with Gasteiger partial charge in [0.1, 0.15) is 11.5 Å². The summed E-state index contributed by atoms with van der Waals surface area (Å²) in [6, 6.07) is 3.53. The van der Waals surface area contributed by atoms with Crippen LogP contribution in [0.15, 0.2) is 36.9 Å². The Morgan fingerprint density at radius 3 is 2.61 bits per heavy atom. The molecule has 0 aliphatic rings. The van der Waals surface area contributed by atoms with Crippen LogP contribution >= 0.6 is 0 Å². The first kappa shape index (κ1) is 12.0. The lowest BCUT2D eigenvalue weighted by Gasteiger charge is -2.20. The minimum absolute atomic E-state index is 0.228. The number of aromatic nitrogens is 3. The number of hydrogen-bond donors (Lipinski definition) is 1. The van der Waals surface area contributed by atoms with Crippen molar-refractivity contribution in [1.82, 2.24) is 15.0 Å². The lowest BCUT2D eigenvalue weighted by atomic mass is 10.3. The molecule has 2 heterocycles. The molecule has 0 saturated heterocycles. The largest absolute Gasteiger partial charge is 0.382 e. The molecule has 0 aromatic carbocycles. The number of amides is 1. The molecule has 0 atom stereocenters. The zero-order valence-corrected chi connectivity index (χ0v) is 9.95. The van der Waals surface area contributed by atoms with Crippen molar-refractivity contribution in [3.8, 4) is 0 Å².